The van der Waals surface area contributed by atoms with Crippen LogP contribution in [0, 0.1) is 6.92 Å². The van der Waals surface area contributed by atoms with E-state index in [1.807, 2.05) is 25.1 Å². The van der Waals surface area contributed by atoms with Crippen molar-refractivity contribution in [1.29, 1.82) is 0 Å². The Balaban J connectivity index is 1.44. The van der Waals surface area contributed by atoms with E-state index >= 15 is 0 Å². The quantitative estimate of drug-likeness (QED) is 0.650. The monoisotopic (exact) mass is 432 g/mol. The van der Waals surface area contributed by atoms with Gasteiger partial charge in [0.1, 0.15) is 5.75 Å². The molecule has 31 heavy (non-hydrogen) atoms. The van der Waals surface area contributed by atoms with E-state index in [0.717, 1.165) is 44.6 Å². The number of hydrogen-bond donors (Lipinski definition) is 2. The average molecular weight is 433 g/mol. The molecule has 0 saturated carbocycles. The highest BCUT2D eigenvalue weighted by Crippen LogP contribution is 2.25. The molecule has 1 aromatic rings. The number of carbonyl (C=O) groups excluding carboxylic acids is 2. The summed E-state index contributed by atoms with van der Waals surface area (Å²) in [6, 6.07) is 5.95. The Kier molecular flexibility index (Phi) is 8.28. The maximum absolute atomic E-state index is 12.5. The van der Waals surface area contributed by atoms with Crippen LogP contribution in [0.25, 0.3) is 0 Å². The van der Waals surface area contributed by atoms with E-state index < -0.39 is 0 Å². The molecule has 3 atom stereocenters. The molecule has 0 aromatic heterocycles. The largest absolute Gasteiger partial charge is 0.495 e. The number of amides is 2. The van der Waals surface area contributed by atoms with Crippen LogP contribution in [-0.4, -0.2) is 86.2 Å². The zero-order valence-electron chi connectivity index (χ0n) is 19.1. The molecule has 2 amide bonds. The third kappa shape index (κ3) is 6.92. The van der Waals surface area contributed by atoms with E-state index in [1.54, 1.807) is 7.11 Å². The Hall–Kier alpha value is -2.16. The van der Waals surface area contributed by atoms with Crippen LogP contribution in [0.3, 0.4) is 0 Å². The molecule has 8 heteroatoms. The fraction of sp³-hybridized carbons (Fsp3) is 0.652. The predicted octanol–water partition coefficient (Wildman–Crippen LogP) is 1.63. The highest BCUT2D eigenvalue weighted by atomic mass is 16.5. The minimum atomic E-state index is -0.272. The van der Waals surface area contributed by atoms with Crippen LogP contribution in [0.2, 0.25) is 0 Å². The van der Waals surface area contributed by atoms with Crippen molar-refractivity contribution in [3.8, 4) is 5.75 Å². The summed E-state index contributed by atoms with van der Waals surface area (Å²) in [6.45, 7) is 10.2. The first-order valence-electron chi connectivity index (χ1n) is 11.2. The topological polar surface area (TPSA) is 83.1 Å². The molecular formula is C23H36N4O4. The van der Waals surface area contributed by atoms with Gasteiger partial charge >= 0.3 is 0 Å². The maximum Gasteiger partial charge on any atom is 0.243 e. The molecule has 2 aliphatic heterocycles. The number of benzene rings is 1. The number of rotatable bonds is 8. The van der Waals surface area contributed by atoms with Crippen LogP contribution >= 0.6 is 0 Å². The molecule has 0 bridgehead atoms. The molecule has 2 N–H and O–H groups in total. The van der Waals surface area contributed by atoms with Gasteiger partial charge in [0.05, 0.1) is 38.1 Å². The number of methoxy groups -OCH3 is 1. The van der Waals surface area contributed by atoms with Crippen molar-refractivity contribution in [1.82, 2.24) is 15.1 Å². The number of aryl methyl sites for hydroxylation is 1. The van der Waals surface area contributed by atoms with Crippen LogP contribution in [-0.2, 0) is 14.3 Å². The minimum absolute atomic E-state index is 0.0626. The molecule has 2 saturated heterocycles. The lowest BCUT2D eigenvalue weighted by Gasteiger charge is -2.38. The van der Waals surface area contributed by atoms with Crippen molar-refractivity contribution in [3.05, 3.63) is 23.8 Å². The first-order valence-corrected chi connectivity index (χ1v) is 11.2. The Bertz CT molecular complexity index is 762. The van der Waals surface area contributed by atoms with Crippen LogP contribution in [0.15, 0.2) is 18.2 Å². The molecule has 172 valence electrons. The summed E-state index contributed by atoms with van der Waals surface area (Å²) in [4.78, 5) is 29.5. The summed E-state index contributed by atoms with van der Waals surface area (Å²) >= 11 is 0. The Morgan fingerprint density at radius 2 is 1.94 bits per heavy atom. The molecule has 3 unspecified atom stereocenters. The third-order valence-electron chi connectivity index (χ3n) is 5.89. The number of anilines is 1. The Morgan fingerprint density at radius 1 is 1.19 bits per heavy atom. The van der Waals surface area contributed by atoms with E-state index in [4.69, 9.17) is 9.47 Å². The summed E-state index contributed by atoms with van der Waals surface area (Å²) in [5.41, 5.74) is 1.62. The normalized spacial score (nSPS) is 24.7. The second-order valence-electron chi connectivity index (χ2n) is 8.77. The molecule has 2 heterocycles. The lowest BCUT2D eigenvalue weighted by Crippen LogP contribution is -2.51. The maximum atomic E-state index is 12.5. The van der Waals surface area contributed by atoms with E-state index in [0.29, 0.717) is 24.0 Å². The summed E-state index contributed by atoms with van der Waals surface area (Å²) in [7, 11) is 1.56. The molecule has 8 nitrogen and oxygen atoms in total. The van der Waals surface area contributed by atoms with Gasteiger partial charge in [0, 0.05) is 25.7 Å². The molecule has 3 rings (SSSR count). The van der Waals surface area contributed by atoms with E-state index in [9.17, 15) is 9.59 Å². The number of morpholine rings is 1. The molecule has 1 aromatic carbocycles. The lowest BCUT2D eigenvalue weighted by molar-refractivity contribution is -0.125. The first kappa shape index (κ1) is 23.5. The number of nitrogens with zero attached hydrogens (tertiary/aromatic N) is 2. The van der Waals surface area contributed by atoms with E-state index in [1.165, 1.54) is 0 Å². The zero-order valence-corrected chi connectivity index (χ0v) is 19.1. The fourth-order valence-corrected chi connectivity index (χ4v) is 4.57. The second-order valence-corrected chi connectivity index (χ2v) is 8.77. The van der Waals surface area contributed by atoms with Gasteiger partial charge in [-0.15, -0.1) is 0 Å². The van der Waals surface area contributed by atoms with Crippen LogP contribution in [0.5, 0.6) is 5.75 Å². The standard InChI is InChI=1S/C23H36N4O4/c1-16-7-8-21(30-4)20(10-16)25-22(28)11-24-23(29)15-27-9-5-6-19(27)14-26-12-17(2)31-18(3)13-26/h7-8,10,17-19H,5-6,9,11-15H2,1-4H3,(H,24,29)(H,25,28). The molecule has 0 spiro atoms. The van der Waals surface area contributed by atoms with Gasteiger partial charge in [-0.3, -0.25) is 19.4 Å². The van der Waals surface area contributed by atoms with Crippen molar-refractivity contribution in [2.24, 2.45) is 0 Å². The third-order valence-corrected chi connectivity index (χ3v) is 5.89. The molecule has 0 radical (unpaired) electrons. The van der Waals surface area contributed by atoms with Gasteiger partial charge in [0.2, 0.25) is 11.8 Å². The van der Waals surface area contributed by atoms with Gasteiger partial charge in [-0.2, -0.15) is 0 Å². The van der Waals surface area contributed by atoms with Gasteiger partial charge in [0.15, 0.2) is 0 Å². The van der Waals surface area contributed by atoms with E-state index in [2.05, 4.69) is 34.3 Å². The van der Waals surface area contributed by atoms with Crippen LogP contribution < -0.4 is 15.4 Å². The number of hydrogen-bond acceptors (Lipinski definition) is 6. The van der Waals surface area contributed by atoms with Crippen molar-refractivity contribution in [2.75, 3.05) is 51.7 Å². The Morgan fingerprint density at radius 3 is 2.65 bits per heavy atom. The average Bonchev–Trinajstić information content (AvgIpc) is 3.12. The highest BCUT2D eigenvalue weighted by Gasteiger charge is 2.30. The summed E-state index contributed by atoms with van der Waals surface area (Å²) in [5.74, 6) is 0.199. The van der Waals surface area contributed by atoms with Crippen LogP contribution in [0.4, 0.5) is 5.69 Å². The van der Waals surface area contributed by atoms with Crippen molar-refractivity contribution in [2.45, 2.75) is 51.9 Å². The van der Waals surface area contributed by atoms with Gasteiger partial charge < -0.3 is 20.1 Å². The molecule has 0 aliphatic carbocycles. The molecular weight excluding hydrogens is 396 g/mol. The van der Waals surface area contributed by atoms with Crippen molar-refractivity contribution >= 4 is 17.5 Å². The number of likely N-dealkylation sites (tertiary alicyclic amines) is 1. The van der Waals surface area contributed by atoms with Crippen molar-refractivity contribution in [3.63, 3.8) is 0 Å². The van der Waals surface area contributed by atoms with Crippen LogP contribution in [0.1, 0.15) is 32.3 Å². The highest BCUT2D eigenvalue weighted by molar-refractivity contribution is 5.96. The summed E-state index contributed by atoms with van der Waals surface area (Å²) < 4.78 is 11.1. The summed E-state index contributed by atoms with van der Waals surface area (Å²) in [6.07, 6.45) is 2.68. The zero-order chi connectivity index (χ0) is 22.4. The fourth-order valence-electron chi connectivity index (χ4n) is 4.57. The van der Waals surface area contributed by atoms with E-state index in [-0.39, 0.29) is 30.6 Å². The Labute approximate surface area is 185 Å². The summed E-state index contributed by atoms with van der Waals surface area (Å²) in [5, 5.41) is 5.56. The number of nitrogens with one attached hydrogen (secondary N) is 2. The smallest absolute Gasteiger partial charge is 0.243 e. The first-order chi connectivity index (χ1) is 14.8. The molecule has 2 aliphatic rings. The number of carbonyl (C=O) groups is 2. The molecule has 2 fully saturated rings. The number of ether oxygens (including phenoxy) is 2. The minimum Gasteiger partial charge on any atom is -0.495 e. The lowest BCUT2D eigenvalue weighted by atomic mass is 10.1. The van der Waals surface area contributed by atoms with Gasteiger partial charge in [-0.05, 0) is 57.9 Å². The second kappa shape index (κ2) is 10.9. The van der Waals surface area contributed by atoms with Gasteiger partial charge in [-0.1, -0.05) is 6.07 Å². The van der Waals surface area contributed by atoms with Gasteiger partial charge in [0.25, 0.3) is 0 Å². The SMILES string of the molecule is COc1ccc(C)cc1NC(=O)CNC(=O)CN1CCCC1CN1CC(C)OC(C)C1. The predicted molar refractivity (Wildman–Crippen MR) is 120 cm³/mol. The van der Waals surface area contributed by atoms with Crippen molar-refractivity contribution < 1.29 is 19.1 Å². The van der Waals surface area contributed by atoms with Gasteiger partial charge in [-0.25, -0.2) is 0 Å².